The van der Waals surface area contributed by atoms with Crippen LogP contribution in [0.2, 0.25) is 0 Å². The summed E-state index contributed by atoms with van der Waals surface area (Å²) in [5.74, 6) is -2.39. The van der Waals surface area contributed by atoms with Gasteiger partial charge in [-0.25, -0.2) is 9.78 Å². The maximum atomic E-state index is 11.9. The molecule has 9 nitrogen and oxygen atoms in total. The minimum Gasteiger partial charge on any atom is -0.480 e. The zero-order valence-electron chi connectivity index (χ0n) is 11.9. The lowest BCUT2D eigenvalue weighted by molar-refractivity contribution is -0.141. The lowest BCUT2D eigenvalue weighted by Crippen LogP contribution is -2.54. The van der Waals surface area contributed by atoms with Crippen LogP contribution in [0.15, 0.2) is 12.5 Å². The van der Waals surface area contributed by atoms with Crippen LogP contribution in [0.5, 0.6) is 0 Å². The van der Waals surface area contributed by atoms with Crippen molar-refractivity contribution in [3.63, 3.8) is 0 Å². The van der Waals surface area contributed by atoms with E-state index in [1.165, 1.54) is 13.3 Å². The molecule has 0 aromatic carbocycles. The fourth-order valence-corrected chi connectivity index (χ4v) is 1.84. The number of carboxylic acids is 1. The molecular weight excluding hydrogens is 310 g/mol. The minimum absolute atomic E-state index is 0.0545. The molecule has 1 rings (SSSR count). The van der Waals surface area contributed by atoms with Crippen LogP contribution in [0, 0.1) is 0 Å². The Kier molecular flexibility index (Phi) is 6.86. The molecule has 6 N–H and O–H groups in total. The molecule has 10 heteroatoms. The normalized spacial score (nSPS) is 14.7. The Morgan fingerprint density at radius 3 is 2.59 bits per heavy atom. The number of aromatic amines is 1. The van der Waals surface area contributed by atoms with Crippen molar-refractivity contribution in [2.45, 2.75) is 31.5 Å². The van der Waals surface area contributed by atoms with Gasteiger partial charge in [0.1, 0.15) is 12.1 Å². The number of carbonyl (C=O) groups is 3. The van der Waals surface area contributed by atoms with E-state index in [4.69, 9.17) is 10.8 Å². The van der Waals surface area contributed by atoms with E-state index in [0.29, 0.717) is 5.69 Å². The number of imidazole rings is 1. The SMILES string of the molecule is C[C@H](NC(=O)[C@@H](N)Cc1cnc[nH]1)C(=O)N[C@@H](CS)C(=O)O. The number of amides is 2. The van der Waals surface area contributed by atoms with Crippen LogP contribution < -0.4 is 16.4 Å². The predicted octanol–water partition coefficient (Wildman–Crippen LogP) is -1.72. The molecule has 0 unspecified atom stereocenters. The van der Waals surface area contributed by atoms with Crippen LogP contribution in [-0.4, -0.2) is 56.7 Å². The number of nitrogens with zero attached hydrogens (tertiary/aromatic N) is 1. The number of H-pyrrole nitrogens is 1. The van der Waals surface area contributed by atoms with Crippen molar-refractivity contribution in [2.24, 2.45) is 5.73 Å². The quantitative estimate of drug-likeness (QED) is 0.312. The van der Waals surface area contributed by atoms with E-state index >= 15 is 0 Å². The average Bonchev–Trinajstić information content (AvgIpc) is 2.96. The molecule has 0 fully saturated rings. The Morgan fingerprint density at radius 1 is 1.41 bits per heavy atom. The summed E-state index contributed by atoms with van der Waals surface area (Å²) < 4.78 is 0. The fourth-order valence-electron chi connectivity index (χ4n) is 1.59. The molecule has 0 aliphatic rings. The Balaban J connectivity index is 2.48. The summed E-state index contributed by atoms with van der Waals surface area (Å²) in [5.41, 5.74) is 6.43. The Bertz CT molecular complexity index is 522. The van der Waals surface area contributed by atoms with Crippen molar-refractivity contribution < 1.29 is 19.5 Å². The van der Waals surface area contributed by atoms with Crippen LogP contribution in [0.1, 0.15) is 12.6 Å². The number of nitrogens with two attached hydrogens (primary N) is 1. The topological polar surface area (TPSA) is 150 Å². The van der Waals surface area contributed by atoms with Gasteiger partial charge in [0.25, 0.3) is 0 Å². The molecule has 1 heterocycles. The predicted molar refractivity (Wildman–Crippen MR) is 81.3 cm³/mol. The Morgan fingerprint density at radius 2 is 2.09 bits per heavy atom. The number of hydrogen-bond acceptors (Lipinski definition) is 6. The Labute approximate surface area is 132 Å². The molecule has 22 heavy (non-hydrogen) atoms. The number of aliphatic carboxylic acids is 1. The van der Waals surface area contributed by atoms with Gasteiger partial charge in [-0.2, -0.15) is 12.6 Å². The van der Waals surface area contributed by atoms with Gasteiger partial charge in [-0.15, -0.1) is 0 Å². The third-order valence-electron chi connectivity index (χ3n) is 2.88. The highest BCUT2D eigenvalue weighted by molar-refractivity contribution is 7.80. The van der Waals surface area contributed by atoms with E-state index in [1.807, 2.05) is 0 Å². The molecular formula is C12H19N5O4S. The van der Waals surface area contributed by atoms with E-state index in [2.05, 4.69) is 33.2 Å². The van der Waals surface area contributed by atoms with E-state index in [9.17, 15) is 14.4 Å². The lowest BCUT2D eigenvalue weighted by Gasteiger charge is -2.19. The van der Waals surface area contributed by atoms with Crippen LogP contribution in [0.4, 0.5) is 0 Å². The lowest BCUT2D eigenvalue weighted by atomic mass is 10.1. The first-order valence-corrected chi connectivity index (χ1v) is 7.15. The zero-order valence-corrected chi connectivity index (χ0v) is 12.8. The van der Waals surface area contributed by atoms with Gasteiger partial charge in [-0.05, 0) is 6.92 Å². The largest absolute Gasteiger partial charge is 0.480 e. The number of aromatic nitrogens is 2. The van der Waals surface area contributed by atoms with Gasteiger partial charge in [0, 0.05) is 24.1 Å². The molecule has 3 atom stereocenters. The number of hydrogen-bond donors (Lipinski definition) is 6. The smallest absolute Gasteiger partial charge is 0.327 e. The van der Waals surface area contributed by atoms with E-state index < -0.39 is 35.9 Å². The molecule has 122 valence electrons. The van der Waals surface area contributed by atoms with Crippen molar-refractivity contribution in [2.75, 3.05) is 5.75 Å². The number of thiol groups is 1. The second-order valence-corrected chi connectivity index (χ2v) is 5.06. The minimum atomic E-state index is -1.20. The van der Waals surface area contributed by atoms with Crippen molar-refractivity contribution in [1.29, 1.82) is 0 Å². The highest BCUT2D eigenvalue weighted by Gasteiger charge is 2.24. The maximum Gasteiger partial charge on any atom is 0.327 e. The van der Waals surface area contributed by atoms with Gasteiger partial charge < -0.3 is 26.5 Å². The first kappa shape index (κ1) is 18.0. The molecule has 0 spiro atoms. The van der Waals surface area contributed by atoms with Crippen molar-refractivity contribution in [3.05, 3.63) is 18.2 Å². The van der Waals surface area contributed by atoms with E-state index in [0.717, 1.165) is 0 Å². The molecule has 0 aliphatic heterocycles. The third kappa shape index (κ3) is 5.37. The van der Waals surface area contributed by atoms with Gasteiger partial charge in [-0.1, -0.05) is 0 Å². The molecule has 0 aliphatic carbocycles. The van der Waals surface area contributed by atoms with Crippen molar-refractivity contribution >= 4 is 30.4 Å². The fraction of sp³-hybridized carbons (Fsp3) is 0.500. The number of rotatable bonds is 8. The van der Waals surface area contributed by atoms with Gasteiger partial charge in [0.2, 0.25) is 11.8 Å². The van der Waals surface area contributed by atoms with Crippen LogP contribution in [0.3, 0.4) is 0 Å². The maximum absolute atomic E-state index is 11.9. The number of carboxylic acid groups (broad SMARTS) is 1. The monoisotopic (exact) mass is 329 g/mol. The first-order valence-electron chi connectivity index (χ1n) is 6.52. The summed E-state index contributed by atoms with van der Waals surface area (Å²) in [7, 11) is 0. The van der Waals surface area contributed by atoms with Crippen LogP contribution >= 0.6 is 12.6 Å². The molecule has 1 aromatic heterocycles. The van der Waals surface area contributed by atoms with Gasteiger partial charge in [0.05, 0.1) is 12.4 Å². The molecule has 0 saturated carbocycles. The van der Waals surface area contributed by atoms with Gasteiger partial charge in [0.15, 0.2) is 0 Å². The van der Waals surface area contributed by atoms with Crippen LogP contribution in [0.25, 0.3) is 0 Å². The summed E-state index contributed by atoms with van der Waals surface area (Å²) in [6.45, 7) is 1.44. The van der Waals surface area contributed by atoms with Gasteiger partial charge >= 0.3 is 5.97 Å². The summed E-state index contributed by atoms with van der Waals surface area (Å²) in [6.07, 6.45) is 3.27. The van der Waals surface area contributed by atoms with Gasteiger partial charge in [-0.3, -0.25) is 9.59 Å². The van der Waals surface area contributed by atoms with E-state index in [1.54, 1.807) is 6.20 Å². The molecule has 0 bridgehead atoms. The van der Waals surface area contributed by atoms with Crippen molar-refractivity contribution in [1.82, 2.24) is 20.6 Å². The molecule has 0 saturated heterocycles. The summed E-state index contributed by atoms with van der Waals surface area (Å²) in [4.78, 5) is 41.2. The number of nitrogens with one attached hydrogen (secondary N) is 3. The molecule has 1 aromatic rings. The summed E-state index contributed by atoms with van der Waals surface area (Å²) >= 11 is 3.84. The summed E-state index contributed by atoms with van der Waals surface area (Å²) in [5, 5.41) is 13.5. The first-order chi connectivity index (χ1) is 10.3. The Hall–Kier alpha value is -2.07. The van der Waals surface area contributed by atoms with E-state index in [-0.39, 0.29) is 12.2 Å². The second-order valence-electron chi connectivity index (χ2n) is 4.70. The number of carbonyl (C=O) groups excluding carboxylic acids is 2. The zero-order chi connectivity index (χ0) is 16.7. The molecule has 0 radical (unpaired) electrons. The van der Waals surface area contributed by atoms with Crippen molar-refractivity contribution in [3.8, 4) is 0 Å². The highest BCUT2D eigenvalue weighted by Crippen LogP contribution is 1.97. The standard InChI is InChI=1S/C12H19N5O4S/c1-6(10(18)17-9(4-22)12(20)21)16-11(19)8(13)2-7-3-14-5-15-7/h3,5-6,8-9,22H,2,4,13H2,1H3,(H,14,15)(H,16,19)(H,17,18)(H,20,21)/t6-,8-,9-/m0/s1. The third-order valence-corrected chi connectivity index (χ3v) is 3.25. The summed E-state index contributed by atoms with van der Waals surface area (Å²) in [6, 6.07) is -2.88. The molecule has 2 amide bonds. The second kappa shape index (κ2) is 8.39. The highest BCUT2D eigenvalue weighted by atomic mass is 32.1. The van der Waals surface area contributed by atoms with Crippen LogP contribution in [-0.2, 0) is 20.8 Å². The average molecular weight is 329 g/mol.